The van der Waals surface area contributed by atoms with Crippen LogP contribution in [0, 0.1) is 0 Å². The number of aromatic amines is 1. The number of carbonyl (C=O) groups is 1. The van der Waals surface area contributed by atoms with Crippen LogP contribution < -0.4 is 21.5 Å². The van der Waals surface area contributed by atoms with E-state index in [9.17, 15) is 18.4 Å². The van der Waals surface area contributed by atoms with Crippen molar-refractivity contribution in [2.24, 2.45) is 0 Å². The Morgan fingerprint density at radius 3 is 2.86 bits per heavy atom. The van der Waals surface area contributed by atoms with Crippen molar-refractivity contribution in [2.45, 2.75) is 24.8 Å². The van der Waals surface area contributed by atoms with Crippen LogP contribution in [0.25, 0.3) is 5.65 Å². The Kier molecular flexibility index (Phi) is 4.21. The van der Waals surface area contributed by atoms with Crippen molar-refractivity contribution in [1.82, 2.24) is 24.9 Å². The Morgan fingerprint density at radius 1 is 1.39 bits per heavy atom. The molecular formula is C17H17F2N7O2. The number of alkyl halides is 2. The Morgan fingerprint density at radius 2 is 2.18 bits per heavy atom. The quantitative estimate of drug-likeness (QED) is 0.528. The van der Waals surface area contributed by atoms with Crippen LogP contribution in [0.3, 0.4) is 0 Å². The summed E-state index contributed by atoms with van der Waals surface area (Å²) in [6.07, 6.45) is 2.08. The zero-order chi connectivity index (χ0) is 19.9. The molecule has 4 N–H and O–H groups in total. The van der Waals surface area contributed by atoms with E-state index in [1.807, 2.05) is 0 Å². The molecule has 146 valence electrons. The molecule has 0 radical (unpaired) electrons. The van der Waals surface area contributed by atoms with E-state index in [4.69, 9.17) is 0 Å². The second kappa shape index (κ2) is 6.59. The molecule has 0 unspecified atom stereocenters. The molecule has 0 saturated heterocycles. The summed E-state index contributed by atoms with van der Waals surface area (Å²) in [5.74, 6) is -2.41. The number of hydrogen-bond acceptors (Lipinski definition) is 6. The fourth-order valence-corrected chi connectivity index (χ4v) is 3.05. The molecule has 1 fully saturated rings. The third kappa shape index (κ3) is 3.26. The maximum atomic E-state index is 13.0. The summed E-state index contributed by atoms with van der Waals surface area (Å²) < 4.78 is 27.4. The van der Waals surface area contributed by atoms with Gasteiger partial charge in [-0.25, -0.2) is 13.8 Å². The number of aromatic nitrogens is 4. The number of carbonyl (C=O) groups excluding carboxylic acids is 1. The minimum Gasteiger partial charge on any atom is -0.373 e. The number of nitrogens with zero attached hydrogens (tertiary/aromatic N) is 3. The second-order valence-electron chi connectivity index (χ2n) is 6.54. The summed E-state index contributed by atoms with van der Waals surface area (Å²) in [6.45, 7) is 0. The Bertz CT molecular complexity index is 1100. The van der Waals surface area contributed by atoms with Gasteiger partial charge in [0, 0.05) is 38.2 Å². The van der Waals surface area contributed by atoms with Gasteiger partial charge in [-0.2, -0.15) is 9.61 Å². The first-order valence-electron chi connectivity index (χ1n) is 8.56. The molecule has 1 saturated carbocycles. The first-order valence-corrected chi connectivity index (χ1v) is 8.56. The first kappa shape index (κ1) is 17.9. The van der Waals surface area contributed by atoms with E-state index in [0.29, 0.717) is 11.6 Å². The van der Waals surface area contributed by atoms with Crippen LogP contribution in [0.1, 0.15) is 23.2 Å². The highest BCUT2D eigenvalue weighted by molar-refractivity contribution is 6.00. The molecule has 0 atom stereocenters. The summed E-state index contributed by atoms with van der Waals surface area (Å²) in [7, 11) is 1.67. The number of fused-ring (bicyclic) bond motifs is 1. The van der Waals surface area contributed by atoms with Crippen LogP contribution in [0.5, 0.6) is 0 Å². The number of anilines is 3. The predicted octanol–water partition coefficient (Wildman–Crippen LogP) is 1.73. The Hall–Kier alpha value is -3.50. The standard InChI is InChI=1S/C17H17F2N7O2/c1-20-13-5-12(24-11-3-2-4-21-16(11)28)25-14-10(8-22-26(13)14)15(27)23-9-6-17(18,19)7-9/h2-5,8-9,20H,6-7H2,1H3,(H,21,28)(H,23,27)(H,24,25). The number of nitrogens with one attached hydrogen (secondary N) is 4. The molecule has 0 aliphatic heterocycles. The zero-order valence-electron chi connectivity index (χ0n) is 14.8. The lowest BCUT2D eigenvalue weighted by Gasteiger charge is -2.35. The highest BCUT2D eigenvalue weighted by Gasteiger charge is 2.46. The maximum Gasteiger partial charge on any atom is 0.271 e. The minimum atomic E-state index is -2.73. The average Bonchev–Trinajstić information content (AvgIpc) is 3.05. The maximum absolute atomic E-state index is 13.0. The van der Waals surface area contributed by atoms with E-state index in [0.717, 1.165) is 0 Å². The highest BCUT2D eigenvalue weighted by atomic mass is 19.3. The van der Waals surface area contributed by atoms with E-state index in [2.05, 4.69) is 31.0 Å². The molecule has 3 aromatic heterocycles. The van der Waals surface area contributed by atoms with E-state index in [1.54, 1.807) is 25.2 Å². The van der Waals surface area contributed by atoms with E-state index in [1.165, 1.54) is 16.9 Å². The molecule has 11 heteroatoms. The summed E-state index contributed by atoms with van der Waals surface area (Å²) in [4.78, 5) is 31.3. The first-order chi connectivity index (χ1) is 13.4. The lowest BCUT2D eigenvalue weighted by molar-refractivity contribution is -0.0901. The summed E-state index contributed by atoms with van der Waals surface area (Å²) in [5, 5.41) is 12.6. The van der Waals surface area contributed by atoms with Gasteiger partial charge in [-0.1, -0.05) is 0 Å². The smallest absolute Gasteiger partial charge is 0.271 e. The average molecular weight is 389 g/mol. The molecule has 0 spiro atoms. The molecule has 1 amide bonds. The van der Waals surface area contributed by atoms with Gasteiger partial charge in [0.2, 0.25) is 0 Å². The molecule has 4 rings (SSSR count). The Labute approximate surface area is 157 Å². The van der Waals surface area contributed by atoms with Crippen LogP contribution in [0.2, 0.25) is 0 Å². The van der Waals surface area contributed by atoms with Gasteiger partial charge >= 0.3 is 0 Å². The van der Waals surface area contributed by atoms with Crippen LogP contribution in [0.4, 0.5) is 26.1 Å². The number of rotatable bonds is 5. The van der Waals surface area contributed by atoms with Crippen LogP contribution >= 0.6 is 0 Å². The molecule has 0 aromatic carbocycles. The van der Waals surface area contributed by atoms with Gasteiger partial charge in [0.05, 0.1) is 6.20 Å². The van der Waals surface area contributed by atoms with Gasteiger partial charge in [-0.3, -0.25) is 9.59 Å². The Balaban J connectivity index is 1.66. The van der Waals surface area contributed by atoms with Gasteiger partial charge in [0.15, 0.2) is 5.65 Å². The molecular weight excluding hydrogens is 372 g/mol. The molecule has 1 aliphatic rings. The highest BCUT2D eigenvalue weighted by Crippen LogP contribution is 2.37. The molecule has 3 aromatic rings. The van der Waals surface area contributed by atoms with Gasteiger partial charge in [0.1, 0.15) is 22.9 Å². The van der Waals surface area contributed by atoms with Gasteiger partial charge in [-0.15, -0.1) is 0 Å². The summed E-state index contributed by atoms with van der Waals surface area (Å²) in [6, 6.07) is 4.30. The van der Waals surface area contributed by atoms with E-state index < -0.39 is 17.9 Å². The van der Waals surface area contributed by atoms with Gasteiger partial charge in [0.25, 0.3) is 17.4 Å². The van der Waals surface area contributed by atoms with Gasteiger partial charge < -0.3 is 20.9 Å². The fourth-order valence-electron chi connectivity index (χ4n) is 3.05. The monoisotopic (exact) mass is 389 g/mol. The topological polar surface area (TPSA) is 116 Å². The largest absolute Gasteiger partial charge is 0.373 e. The number of pyridine rings is 1. The molecule has 3 heterocycles. The van der Waals surface area contributed by atoms with Crippen molar-refractivity contribution in [3.8, 4) is 0 Å². The van der Waals surface area contributed by atoms with Crippen molar-refractivity contribution in [2.75, 3.05) is 17.7 Å². The molecule has 1 aliphatic carbocycles. The van der Waals surface area contributed by atoms with Crippen LogP contribution in [-0.4, -0.2) is 44.5 Å². The van der Waals surface area contributed by atoms with E-state index >= 15 is 0 Å². The van der Waals surface area contributed by atoms with Crippen LogP contribution in [-0.2, 0) is 0 Å². The number of amides is 1. The van der Waals surface area contributed by atoms with Crippen molar-refractivity contribution >= 4 is 28.9 Å². The fraction of sp³-hybridized carbons (Fsp3) is 0.294. The second-order valence-corrected chi connectivity index (χ2v) is 6.54. The van der Waals surface area contributed by atoms with Crippen molar-refractivity contribution in [3.63, 3.8) is 0 Å². The lowest BCUT2D eigenvalue weighted by Crippen LogP contribution is -2.50. The third-order valence-corrected chi connectivity index (χ3v) is 4.48. The molecule has 28 heavy (non-hydrogen) atoms. The van der Waals surface area contributed by atoms with E-state index in [-0.39, 0.29) is 35.3 Å². The third-order valence-electron chi connectivity index (χ3n) is 4.48. The molecule has 9 nitrogen and oxygen atoms in total. The lowest BCUT2D eigenvalue weighted by atomic mass is 9.88. The van der Waals surface area contributed by atoms with Gasteiger partial charge in [-0.05, 0) is 12.1 Å². The SMILES string of the molecule is CNc1cc(Nc2ccc[nH]c2=O)nc2c(C(=O)NC3CC(F)(F)C3)cnn12. The van der Waals surface area contributed by atoms with Crippen molar-refractivity contribution in [1.29, 1.82) is 0 Å². The number of H-pyrrole nitrogens is 1. The summed E-state index contributed by atoms with van der Waals surface area (Å²) in [5.41, 5.74) is 0.332. The van der Waals surface area contributed by atoms with Crippen LogP contribution in [0.15, 0.2) is 35.4 Å². The number of hydrogen-bond donors (Lipinski definition) is 4. The zero-order valence-corrected chi connectivity index (χ0v) is 14.8. The minimum absolute atomic E-state index is 0.150. The summed E-state index contributed by atoms with van der Waals surface area (Å²) >= 11 is 0. The van der Waals surface area contributed by atoms with Crippen molar-refractivity contribution in [3.05, 3.63) is 46.5 Å². The molecule has 0 bridgehead atoms. The number of halogens is 2. The van der Waals surface area contributed by atoms with Crippen molar-refractivity contribution < 1.29 is 13.6 Å². The normalized spacial score (nSPS) is 15.8. The predicted molar refractivity (Wildman–Crippen MR) is 98.3 cm³/mol.